The second-order valence-corrected chi connectivity index (χ2v) is 8.09. The number of aromatic nitrogens is 3. The summed E-state index contributed by atoms with van der Waals surface area (Å²) >= 11 is 1.14. The summed E-state index contributed by atoms with van der Waals surface area (Å²) in [6.45, 7) is 1.36. The molecule has 0 saturated carbocycles. The van der Waals surface area contributed by atoms with Gasteiger partial charge in [-0.1, -0.05) is 30.0 Å². The minimum absolute atomic E-state index is 0.0518. The largest absolute Gasteiger partial charge is 0.416 e. The molecular formula is C20H16F3N5O2S. The van der Waals surface area contributed by atoms with E-state index in [1.54, 1.807) is 11.5 Å². The summed E-state index contributed by atoms with van der Waals surface area (Å²) in [4.78, 5) is 26.4. The third kappa shape index (κ3) is 4.26. The van der Waals surface area contributed by atoms with Gasteiger partial charge >= 0.3 is 6.18 Å². The number of hydrogen-bond donors (Lipinski definition) is 1. The molecule has 0 radical (unpaired) electrons. The first-order valence-electron chi connectivity index (χ1n) is 9.18. The topological polar surface area (TPSA) is 80.1 Å². The smallest absolute Gasteiger partial charge is 0.323 e. The molecule has 0 bridgehead atoms. The Morgan fingerprint density at radius 2 is 1.94 bits per heavy atom. The number of carbonyl (C=O) groups excluding carboxylic acids is 2. The molecular weight excluding hydrogens is 431 g/mol. The summed E-state index contributed by atoms with van der Waals surface area (Å²) in [6, 6.07) is 12.2. The van der Waals surface area contributed by atoms with Crippen LogP contribution in [0.5, 0.6) is 0 Å². The molecule has 2 heterocycles. The first-order chi connectivity index (χ1) is 14.7. The molecule has 7 nitrogen and oxygen atoms in total. The molecule has 1 aromatic heterocycles. The molecule has 2 aromatic carbocycles. The van der Waals surface area contributed by atoms with Gasteiger partial charge < -0.3 is 5.32 Å². The maximum atomic E-state index is 13.1. The molecule has 0 spiro atoms. The number of alkyl halides is 3. The van der Waals surface area contributed by atoms with E-state index in [9.17, 15) is 22.8 Å². The molecule has 1 aliphatic rings. The molecule has 31 heavy (non-hydrogen) atoms. The normalized spacial score (nSPS) is 14.7. The van der Waals surface area contributed by atoms with Gasteiger partial charge in [0.15, 0.2) is 5.16 Å². The lowest BCUT2D eigenvalue weighted by molar-refractivity contribution is -0.137. The van der Waals surface area contributed by atoms with Gasteiger partial charge in [0.25, 0.3) is 0 Å². The minimum atomic E-state index is -4.56. The van der Waals surface area contributed by atoms with Crippen molar-refractivity contribution >= 4 is 35.0 Å². The number of fused-ring (bicyclic) bond motifs is 1. The van der Waals surface area contributed by atoms with Crippen LogP contribution in [0.1, 0.15) is 12.5 Å². The van der Waals surface area contributed by atoms with Crippen LogP contribution in [0.4, 0.5) is 24.5 Å². The van der Waals surface area contributed by atoms with Gasteiger partial charge in [0.05, 0.1) is 22.2 Å². The highest BCUT2D eigenvalue weighted by atomic mass is 32.2. The van der Waals surface area contributed by atoms with Crippen molar-refractivity contribution in [3.8, 4) is 5.69 Å². The third-order valence-corrected chi connectivity index (χ3v) is 5.68. The Morgan fingerprint density at radius 1 is 1.19 bits per heavy atom. The molecule has 11 heteroatoms. The number of hydrogen-bond acceptors (Lipinski definition) is 5. The quantitative estimate of drug-likeness (QED) is 0.617. The van der Waals surface area contributed by atoms with E-state index >= 15 is 0 Å². The van der Waals surface area contributed by atoms with Crippen LogP contribution >= 0.6 is 11.8 Å². The highest BCUT2D eigenvalue weighted by Gasteiger charge is 2.35. The third-order valence-electron chi connectivity index (χ3n) is 4.64. The van der Waals surface area contributed by atoms with Gasteiger partial charge in [-0.25, -0.2) is 0 Å². The van der Waals surface area contributed by atoms with Gasteiger partial charge in [-0.15, -0.1) is 10.2 Å². The van der Waals surface area contributed by atoms with Crippen molar-refractivity contribution in [1.82, 2.24) is 14.8 Å². The summed E-state index contributed by atoms with van der Waals surface area (Å²) in [5.41, 5.74) is 0.0786. The van der Waals surface area contributed by atoms with E-state index in [1.807, 2.05) is 30.3 Å². The summed E-state index contributed by atoms with van der Waals surface area (Å²) in [5, 5.41) is 10.2. The van der Waals surface area contributed by atoms with E-state index < -0.39 is 28.8 Å². The summed E-state index contributed by atoms with van der Waals surface area (Å²) < 4.78 is 40.8. The van der Waals surface area contributed by atoms with Crippen molar-refractivity contribution < 1.29 is 22.8 Å². The zero-order valence-corrected chi connectivity index (χ0v) is 16.9. The number of halogens is 3. The standard InChI is InChI=1S/C20H16F3N5O2S/c1-12(31-19-26-24-11-28(19)14-5-3-2-4-6-14)18(30)27-10-17(29)25-15-9-13(20(21,22)23)7-8-16(15)27/h2-9,11-12H,10H2,1H3,(H,25,29). The SMILES string of the molecule is CC(Sc1nncn1-c1ccccc1)C(=O)N1CC(=O)Nc2cc(C(F)(F)F)ccc21. The molecule has 3 aromatic rings. The zero-order chi connectivity index (χ0) is 22.2. The molecule has 0 fully saturated rings. The van der Waals surface area contributed by atoms with E-state index in [2.05, 4.69) is 15.5 Å². The lowest BCUT2D eigenvalue weighted by Crippen LogP contribution is -2.45. The van der Waals surface area contributed by atoms with E-state index in [0.29, 0.717) is 5.16 Å². The number of amides is 2. The number of thioether (sulfide) groups is 1. The van der Waals surface area contributed by atoms with Crippen LogP contribution < -0.4 is 10.2 Å². The number of rotatable bonds is 4. The number of anilines is 2. The first-order valence-corrected chi connectivity index (χ1v) is 10.1. The van der Waals surface area contributed by atoms with Crippen molar-refractivity contribution in [3.05, 3.63) is 60.4 Å². The Labute approximate surface area is 179 Å². The predicted molar refractivity (Wildman–Crippen MR) is 109 cm³/mol. The Morgan fingerprint density at radius 3 is 2.65 bits per heavy atom. The van der Waals surface area contributed by atoms with Crippen molar-refractivity contribution in [2.75, 3.05) is 16.8 Å². The van der Waals surface area contributed by atoms with Gasteiger partial charge in [0.2, 0.25) is 11.8 Å². The van der Waals surface area contributed by atoms with Crippen molar-refractivity contribution in [3.63, 3.8) is 0 Å². The fraction of sp³-hybridized carbons (Fsp3) is 0.200. The second-order valence-electron chi connectivity index (χ2n) is 6.78. The number of nitrogens with one attached hydrogen (secondary N) is 1. The number of benzene rings is 2. The summed E-state index contributed by atoms with van der Waals surface area (Å²) in [5.74, 6) is -0.992. The Hall–Kier alpha value is -3.34. The van der Waals surface area contributed by atoms with Crippen LogP contribution in [0.15, 0.2) is 60.0 Å². The monoisotopic (exact) mass is 447 g/mol. The Bertz CT molecular complexity index is 1130. The zero-order valence-electron chi connectivity index (χ0n) is 16.1. The fourth-order valence-electron chi connectivity index (χ4n) is 3.16. The number of nitrogens with zero attached hydrogens (tertiary/aromatic N) is 4. The maximum absolute atomic E-state index is 13.1. The van der Waals surface area contributed by atoms with Gasteiger partial charge in [-0.05, 0) is 37.3 Å². The molecule has 2 amide bonds. The molecule has 0 saturated heterocycles. The first kappa shape index (κ1) is 20.9. The highest BCUT2D eigenvalue weighted by molar-refractivity contribution is 8.00. The maximum Gasteiger partial charge on any atom is 0.416 e. The number of carbonyl (C=O) groups is 2. The molecule has 1 atom stereocenters. The summed E-state index contributed by atoms with van der Waals surface area (Å²) in [7, 11) is 0. The van der Waals surface area contributed by atoms with E-state index in [4.69, 9.17) is 0 Å². The molecule has 1 aliphatic heterocycles. The molecule has 4 rings (SSSR count). The van der Waals surface area contributed by atoms with Gasteiger partial charge in [0, 0.05) is 5.69 Å². The average Bonchev–Trinajstić information content (AvgIpc) is 3.20. The fourth-order valence-corrected chi connectivity index (χ4v) is 4.07. The van der Waals surface area contributed by atoms with Crippen LogP contribution in [0.2, 0.25) is 0 Å². The van der Waals surface area contributed by atoms with Crippen LogP contribution in [0.3, 0.4) is 0 Å². The van der Waals surface area contributed by atoms with Gasteiger partial charge in [-0.3, -0.25) is 19.1 Å². The summed E-state index contributed by atoms with van der Waals surface area (Å²) in [6.07, 6.45) is -3.03. The average molecular weight is 447 g/mol. The second kappa shape index (κ2) is 8.06. The molecule has 1 N–H and O–H groups in total. The predicted octanol–water partition coefficient (Wildman–Crippen LogP) is 3.75. The van der Waals surface area contributed by atoms with Crippen molar-refractivity contribution in [2.24, 2.45) is 0 Å². The van der Waals surface area contributed by atoms with E-state index in [0.717, 1.165) is 29.6 Å². The van der Waals surface area contributed by atoms with Gasteiger partial charge in [0.1, 0.15) is 12.9 Å². The van der Waals surface area contributed by atoms with E-state index in [-0.39, 0.29) is 17.9 Å². The van der Waals surface area contributed by atoms with E-state index in [1.165, 1.54) is 17.3 Å². The Balaban J connectivity index is 1.58. The van der Waals surface area contributed by atoms with Crippen LogP contribution in [-0.4, -0.2) is 38.4 Å². The number of para-hydroxylation sites is 1. The van der Waals surface area contributed by atoms with Gasteiger partial charge in [-0.2, -0.15) is 13.2 Å². The Kier molecular flexibility index (Phi) is 5.44. The molecule has 0 aliphatic carbocycles. The van der Waals surface area contributed by atoms with Crippen molar-refractivity contribution in [1.29, 1.82) is 0 Å². The highest BCUT2D eigenvalue weighted by Crippen LogP contribution is 2.38. The van der Waals surface area contributed by atoms with Crippen LogP contribution in [-0.2, 0) is 15.8 Å². The molecule has 160 valence electrons. The molecule has 1 unspecified atom stereocenters. The van der Waals surface area contributed by atoms with Crippen LogP contribution in [0, 0.1) is 0 Å². The van der Waals surface area contributed by atoms with Crippen molar-refractivity contribution in [2.45, 2.75) is 23.5 Å². The lowest BCUT2D eigenvalue weighted by Gasteiger charge is -2.31. The van der Waals surface area contributed by atoms with Crippen LogP contribution in [0.25, 0.3) is 5.69 Å². The lowest BCUT2D eigenvalue weighted by atomic mass is 10.1. The minimum Gasteiger partial charge on any atom is -0.323 e.